The zero-order chi connectivity index (χ0) is 10.3. The Labute approximate surface area is 83.7 Å². The van der Waals surface area contributed by atoms with Crippen LogP contribution in [-0.4, -0.2) is 20.9 Å². The number of nitrogens with zero attached hydrogens (tertiary/aromatic N) is 2. The number of hydrogen-bond acceptors (Lipinski definition) is 3. The summed E-state index contributed by atoms with van der Waals surface area (Å²) in [6.45, 7) is 1.82. The van der Waals surface area contributed by atoms with Crippen molar-refractivity contribution >= 4 is 0 Å². The number of aliphatic hydroxyl groups is 1. The molecule has 4 nitrogen and oxygen atoms in total. The average Bonchev–Trinajstić information content (AvgIpc) is 2.62. The van der Waals surface area contributed by atoms with Gasteiger partial charge in [-0.05, 0) is 31.7 Å². The Bertz CT molecular complexity index is 343. The van der Waals surface area contributed by atoms with E-state index in [0.29, 0.717) is 0 Å². The van der Waals surface area contributed by atoms with E-state index in [1.165, 1.54) is 5.56 Å². The van der Waals surface area contributed by atoms with Crippen LogP contribution in [0.15, 0.2) is 0 Å². The van der Waals surface area contributed by atoms with E-state index in [2.05, 4.69) is 5.10 Å². The van der Waals surface area contributed by atoms with E-state index in [-0.39, 0.29) is 6.04 Å². The molecule has 1 aromatic heterocycles. The molecule has 2 unspecified atom stereocenters. The highest BCUT2D eigenvalue weighted by atomic mass is 16.3. The molecule has 1 aliphatic rings. The topological polar surface area (TPSA) is 64.1 Å². The third-order valence-electron chi connectivity index (χ3n) is 2.90. The number of aliphatic hydroxyl groups excluding tert-OH is 1. The van der Waals surface area contributed by atoms with Crippen LogP contribution in [-0.2, 0) is 19.9 Å². The van der Waals surface area contributed by atoms with Crippen LogP contribution >= 0.6 is 0 Å². The lowest BCUT2D eigenvalue weighted by Crippen LogP contribution is -2.26. The minimum absolute atomic E-state index is 0.241. The highest BCUT2D eigenvalue weighted by Gasteiger charge is 2.26. The van der Waals surface area contributed by atoms with Crippen molar-refractivity contribution in [1.29, 1.82) is 0 Å². The van der Waals surface area contributed by atoms with Crippen molar-refractivity contribution < 1.29 is 5.11 Å². The van der Waals surface area contributed by atoms with Gasteiger partial charge in [0.15, 0.2) is 0 Å². The zero-order valence-electron chi connectivity index (χ0n) is 8.70. The van der Waals surface area contributed by atoms with Gasteiger partial charge in [0.2, 0.25) is 0 Å². The minimum atomic E-state index is -0.589. The van der Waals surface area contributed by atoms with Gasteiger partial charge < -0.3 is 10.8 Å². The molecule has 2 atom stereocenters. The zero-order valence-corrected chi connectivity index (χ0v) is 8.70. The van der Waals surface area contributed by atoms with Crippen molar-refractivity contribution in [3.05, 3.63) is 17.0 Å². The maximum absolute atomic E-state index is 9.95. The van der Waals surface area contributed by atoms with Gasteiger partial charge in [0.05, 0.1) is 11.4 Å². The van der Waals surface area contributed by atoms with Crippen LogP contribution in [0, 0.1) is 0 Å². The fraction of sp³-hybridized carbons (Fsp3) is 0.700. The van der Waals surface area contributed by atoms with Crippen molar-refractivity contribution in [1.82, 2.24) is 9.78 Å². The first kappa shape index (κ1) is 9.68. The van der Waals surface area contributed by atoms with Crippen LogP contribution < -0.4 is 5.73 Å². The van der Waals surface area contributed by atoms with Gasteiger partial charge in [-0.3, -0.25) is 4.68 Å². The van der Waals surface area contributed by atoms with E-state index in [1.807, 2.05) is 14.0 Å². The summed E-state index contributed by atoms with van der Waals surface area (Å²) in [5, 5.41) is 14.3. The number of fused-ring (bicyclic) bond motifs is 1. The van der Waals surface area contributed by atoms with Gasteiger partial charge >= 0.3 is 0 Å². The minimum Gasteiger partial charge on any atom is -0.385 e. The summed E-state index contributed by atoms with van der Waals surface area (Å²) in [7, 11) is 1.87. The number of aryl methyl sites for hydroxylation is 2. The molecular formula is C10H17N3O. The summed E-state index contributed by atoms with van der Waals surface area (Å²) < 4.78 is 1.78. The van der Waals surface area contributed by atoms with Gasteiger partial charge in [0.25, 0.3) is 0 Å². The second-order valence-corrected chi connectivity index (χ2v) is 4.09. The normalized spacial score (nSPS) is 19.4. The summed E-state index contributed by atoms with van der Waals surface area (Å²) in [5.74, 6) is 0. The Hall–Kier alpha value is -0.870. The van der Waals surface area contributed by atoms with Gasteiger partial charge in [0.1, 0.15) is 6.10 Å². The summed E-state index contributed by atoms with van der Waals surface area (Å²) >= 11 is 0. The van der Waals surface area contributed by atoms with Crippen LogP contribution in [0.25, 0.3) is 0 Å². The molecule has 0 aliphatic heterocycles. The highest BCUT2D eigenvalue weighted by Crippen LogP contribution is 2.29. The fourth-order valence-electron chi connectivity index (χ4n) is 2.16. The van der Waals surface area contributed by atoms with Crippen molar-refractivity contribution in [2.24, 2.45) is 12.8 Å². The lowest BCUT2D eigenvalue weighted by atomic mass is 10.1. The lowest BCUT2D eigenvalue weighted by molar-refractivity contribution is 0.143. The number of nitrogens with two attached hydrogens (primary N) is 1. The van der Waals surface area contributed by atoms with Crippen LogP contribution in [0.3, 0.4) is 0 Å². The fourth-order valence-corrected chi connectivity index (χ4v) is 2.16. The maximum atomic E-state index is 9.95. The second kappa shape index (κ2) is 3.37. The number of aromatic nitrogens is 2. The molecule has 0 amide bonds. The van der Waals surface area contributed by atoms with Crippen molar-refractivity contribution in [2.45, 2.75) is 38.3 Å². The van der Waals surface area contributed by atoms with Gasteiger partial charge in [-0.1, -0.05) is 0 Å². The molecule has 0 spiro atoms. The van der Waals surface area contributed by atoms with Gasteiger partial charge in [0, 0.05) is 13.1 Å². The molecule has 1 aromatic rings. The van der Waals surface area contributed by atoms with E-state index in [0.717, 1.165) is 30.7 Å². The van der Waals surface area contributed by atoms with Crippen LogP contribution in [0.5, 0.6) is 0 Å². The molecule has 0 aromatic carbocycles. The third-order valence-corrected chi connectivity index (χ3v) is 2.90. The summed E-state index contributed by atoms with van der Waals surface area (Å²) in [6.07, 6.45) is 2.63. The SMILES string of the molecule is CC(N)C(O)c1c2c(nn1C)CCC2. The van der Waals surface area contributed by atoms with Crippen LogP contribution in [0.4, 0.5) is 0 Å². The van der Waals surface area contributed by atoms with E-state index in [9.17, 15) is 5.11 Å². The van der Waals surface area contributed by atoms with E-state index in [1.54, 1.807) is 4.68 Å². The Kier molecular flexibility index (Phi) is 2.33. The summed E-state index contributed by atoms with van der Waals surface area (Å²) in [5.41, 5.74) is 8.97. The molecule has 2 rings (SSSR count). The highest BCUT2D eigenvalue weighted by molar-refractivity contribution is 5.32. The predicted molar refractivity (Wildman–Crippen MR) is 53.8 cm³/mol. The molecule has 0 saturated heterocycles. The molecular weight excluding hydrogens is 178 g/mol. The maximum Gasteiger partial charge on any atom is 0.111 e. The van der Waals surface area contributed by atoms with Crippen molar-refractivity contribution in [3.63, 3.8) is 0 Å². The summed E-state index contributed by atoms with van der Waals surface area (Å²) in [4.78, 5) is 0. The first-order chi connectivity index (χ1) is 6.61. The standard InChI is InChI=1S/C10H17N3O/c1-6(11)10(14)9-7-4-3-5-8(7)12-13(9)2/h6,10,14H,3-5,11H2,1-2H3. The second-order valence-electron chi connectivity index (χ2n) is 4.09. The predicted octanol–water partition coefficient (Wildman–Crippen LogP) is 0.289. The molecule has 1 aliphatic carbocycles. The molecule has 0 bridgehead atoms. The van der Waals surface area contributed by atoms with Crippen molar-refractivity contribution in [2.75, 3.05) is 0 Å². The van der Waals surface area contributed by atoms with E-state index in [4.69, 9.17) is 5.73 Å². The first-order valence-electron chi connectivity index (χ1n) is 5.09. The number of rotatable bonds is 2. The van der Waals surface area contributed by atoms with Crippen LogP contribution in [0.1, 0.15) is 36.4 Å². The van der Waals surface area contributed by atoms with Crippen molar-refractivity contribution in [3.8, 4) is 0 Å². The Morgan fingerprint density at radius 3 is 2.86 bits per heavy atom. The average molecular weight is 195 g/mol. The monoisotopic (exact) mass is 195 g/mol. The van der Waals surface area contributed by atoms with Crippen LogP contribution in [0.2, 0.25) is 0 Å². The molecule has 78 valence electrons. The summed E-state index contributed by atoms with van der Waals surface area (Å²) in [6, 6.07) is -0.241. The molecule has 0 fully saturated rings. The molecule has 14 heavy (non-hydrogen) atoms. The molecule has 0 saturated carbocycles. The number of hydrogen-bond donors (Lipinski definition) is 2. The molecule has 4 heteroatoms. The smallest absolute Gasteiger partial charge is 0.111 e. The Morgan fingerprint density at radius 2 is 2.21 bits per heavy atom. The van der Waals surface area contributed by atoms with E-state index >= 15 is 0 Å². The van der Waals surface area contributed by atoms with Gasteiger partial charge in [-0.15, -0.1) is 0 Å². The molecule has 1 heterocycles. The van der Waals surface area contributed by atoms with Gasteiger partial charge in [-0.25, -0.2) is 0 Å². The Balaban J connectivity index is 2.42. The Morgan fingerprint density at radius 1 is 1.50 bits per heavy atom. The molecule has 0 radical (unpaired) electrons. The van der Waals surface area contributed by atoms with E-state index < -0.39 is 6.10 Å². The first-order valence-corrected chi connectivity index (χ1v) is 5.09. The lowest BCUT2D eigenvalue weighted by Gasteiger charge is -2.16. The molecule has 3 N–H and O–H groups in total. The van der Waals surface area contributed by atoms with Gasteiger partial charge in [-0.2, -0.15) is 5.10 Å². The third kappa shape index (κ3) is 1.35. The largest absolute Gasteiger partial charge is 0.385 e. The quantitative estimate of drug-likeness (QED) is 0.713.